The van der Waals surface area contributed by atoms with E-state index >= 15 is 0 Å². The van der Waals surface area contributed by atoms with Gasteiger partial charge in [-0.3, -0.25) is 0 Å². The molecule has 0 aromatic rings. The van der Waals surface area contributed by atoms with Gasteiger partial charge in [0.05, 0.1) is 6.61 Å². The van der Waals surface area contributed by atoms with E-state index in [0.29, 0.717) is 0 Å². The van der Waals surface area contributed by atoms with Crippen LogP contribution in [0.1, 0.15) is 52.9 Å². The summed E-state index contributed by atoms with van der Waals surface area (Å²) >= 11 is 0. The number of nitrogens with one attached hydrogen (secondary N) is 1. The summed E-state index contributed by atoms with van der Waals surface area (Å²) in [7, 11) is 0. The Morgan fingerprint density at radius 1 is 1.15 bits per heavy atom. The summed E-state index contributed by atoms with van der Waals surface area (Å²) in [6.07, 6.45) is 6.18. The van der Waals surface area contributed by atoms with Crippen molar-refractivity contribution in [3.05, 3.63) is 0 Å². The second-order valence-corrected chi connectivity index (χ2v) is 4.06. The van der Waals surface area contributed by atoms with E-state index in [1.807, 2.05) is 0 Å². The van der Waals surface area contributed by atoms with Crippen LogP contribution in [0.3, 0.4) is 0 Å². The number of unbranched alkanes of at least 4 members (excludes halogenated alkanes) is 3. The lowest BCUT2D eigenvalue weighted by Crippen LogP contribution is -2.45. The van der Waals surface area contributed by atoms with Crippen LogP contribution in [0.25, 0.3) is 0 Å². The number of aliphatic hydroxyl groups is 1. The highest BCUT2D eigenvalue weighted by molar-refractivity contribution is 4.81. The second kappa shape index (κ2) is 7.34. The van der Waals surface area contributed by atoms with Gasteiger partial charge in [0, 0.05) is 5.54 Å². The third-order valence-electron chi connectivity index (χ3n) is 2.53. The molecule has 0 fully saturated rings. The predicted octanol–water partition coefficient (Wildman–Crippen LogP) is 2.32. The predicted molar refractivity (Wildman–Crippen MR) is 57.9 cm³/mol. The Hall–Kier alpha value is -0.0800. The van der Waals surface area contributed by atoms with Crippen LogP contribution < -0.4 is 5.32 Å². The molecule has 0 aliphatic carbocycles. The molecule has 0 aromatic carbocycles. The molecule has 0 radical (unpaired) electrons. The van der Waals surface area contributed by atoms with Crippen LogP contribution in [-0.4, -0.2) is 23.8 Å². The van der Waals surface area contributed by atoms with Gasteiger partial charge in [0.1, 0.15) is 0 Å². The van der Waals surface area contributed by atoms with Gasteiger partial charge < -0.3 is 10.4 Å². The summed E-state index contributed by atoms with van der Waals surface area (Å²) in [5, 5.41) is 12.5. The molecule has 13 heavy (non-hydrogen) atoms. The zero-order valence-electron chi connectivity index (χ0n) is 9.40. The molecule has 0 aromatic heterocycles. The van der Waals surface area contributed by atoms with Crippen molar-refractivity contribution in [2.75, 3.05) is 13.2 Å². The molecule has 0 rings (SSSR count). The monoisotopic (exact) mass is 187 g/mol. The quantitative estimate of drug-likeness (QED) is 0.572. The van der Waals surface area contributed by atoms with Gasteiger partial charge in [-0.05, 0) is 19.9 Å². The first-order valence-corrected chi connectivity index (χ1v) is 5.54. The third-order valence-corrected chi connectivity index (χ3v) is 2.53. The summed E-state index contributed by atoms with van der Waals surface area (Å²) in [6, 6.07) is 0. The van der Waals surface area contributed by atoms with Gasteiger partial charge in [-0.2, -0.15) is 0 Å². The lowest BCUT2D eigenvalue weighted by Gasteiger charge is -2.28. The molecule has 0 heterocycles. The van der Waals surface area contributed by atoms with Crippen molar-refractivity contribution in [1.82, 2.24) is 5.32 Å². The van der Waals surface area contributed by atoms with Crippen LogP contribution in [-0.2, 0) is 0 Å². The average molecular weight is 187 g/mol. The van der Waals surface area contributed by atoms with Crippen molar-refractivity contribution in [1.29, 1.82) is 0 Å². The van der Waals surface area contributed by atoms with Gasteiger partial charge in [0.15, 0.2) is 0 Å². The van der Waals surface area contributed by atoms with Crippen molar-refractivity contribution in [3.8, 4) is 0 Å². The minimum Gasteiger partial charge on any atom is -0.394 e. The maximum Gasteiger partial charge on any atom is 0.0610 e. The molecule has 0 bridgehead atoms. The molecule has 0 aliphatic heterocycles. The van der Waals surface area contributed by atoms with Crippen LogP contribution in [0, 0.1) is 0 Å². The van der Waals surface area contributed by atoms with Crippen LogP contribution in [0.15, 0.2) is 0 Å². The van der Waals surface area contributed by atoms with Gasteiger partial charge in [-0.1, -0.05) is 39.5 Å². The number of aliphatic hydroxyl groups excluding tert-OH is 1. The lowest BCUT2D eigenvalue weighted by molar-refractivity contribution is 0.164. The number of likely N-dealkylation sites (N-methyl/N-ethyl adjacent to an activating group) is 1. The van der Waals surface area contributed by atoms with Gasteiger partial charge in [0.25, 0.3) is 0 Å². The Morgan fingerprint density at radius 2 is 1.85 bits per heavy atom. The number of hydrogen-bond donors (Lipinski definition) is 2. The highest BCUT2D eigenvalue weighted by Gasteiger charge is 2.20. The zero-order chi connectivity index (χ0) is 10.2. The molecule has 0 spiro atoms. The minimum absolute atomic E-state index is 0.0531. The SMILES string of the molecule is CCCCCCC(C)(CO)NCC. The fourth-order valence-corrected chi connectivity index (χ4v) is 1.59. The van der Waals surface area contributed by atoms with Gasteiger partial charge in [0.2, 0.25) is 0 Å². The lowest BCUT2D eigenvalue weighted by atomic mass is 9.95. The van der Waals surface area contributed by atoms with Gasteiger partial charge >= 0.3 is 0 Å². The van der Waals surface area contributed by atoms with Crippen molar-refractivity contribution < 1.29 is 5.11 Å². The fourth-order valence-electron chi connectivity index (χ4n) is 1.59. The number of hydrogen-bond acceptors (Lipinski definition) is 2. The third kappa shape index (κ3) is 6.05. The molecule has 0 saturated heterocycles. The Balaban J connectivity index is 3.57. The van der Waals surface area contributed by atoms with Crippen LogP contribution in [0.2, 0.25) is 0 Å². The Labute approximate surface area is 82.7 Å². The van der Waals surface area contributed by atoms with Crippen LogP contribution in [0.5, 0.6) is 0 Å². The maximum absolute atomic E-state index is 9.21. The fraction of sp³-hybridized carbons (Fsp3) is 1.00. The molecule has 2 nitrogen and oxygen atoms in total. The molecule has 0 amide bonds. The maximum atomic E-state index is 9.21. The van der Waals surface area contributed by atoms with E-state index in [4.69, 9.17) is 0 Å². The van der Waals surface area contributed by atoms with E-state index in [2.05, 4.69) is 26.1 Å². The van der Waals surface area contributed by atoms with Crippen molar-refractivity contribution >= 4 is 0 Å². The Morgan fingerprint density at radius 3 is 2.31 bits per heavy atom. The summed E-state index contributed by atoms with van der Waals surface area (Å²) in [4.78, 5) is 0. The first kappa shape index (κ1) is 12.9. The van der Waals surface area contributed by atoms with Crippen LogP contribution in [0.4, 0.5) is 0 Å². The number of rotatable bonds is 8. The van der Waals surface area contributed by atoms with Crippen molar-refractivity contribution in [2.45, 2.75) is 58.4 Å². The summed E-state index contributed by atoms with van der Waals surface area (Å²) < 4.78 is 0. The first-order chi connectivity index (χ1) is 6.18. The molecule has 2 heteroatoms. The molecule has 80 valence electrons. The second-order valence-electron chi connectivity index (χ2n) is 4.06. The Bertz CT molecular complexity index is 117. The normalized spacial score (nSPS) is 15.7. The van der Waals surface area contributed by atoms with Crippen molar-refractivity contribution in [3.63, 3.8) is 0 Å². The van der Waals surface area contributed by atoms with E-state index in [-0.39, 0.29) is 12.1 Å². The topological polar surface area (TPSA) is 32.3 Å². The zero-order valence-corrected chi connectivity index (χ0v) is 9.40. The highest BCUT2D eigenvalue weighted by Crippen LogP contribution is 2.14. The van der Waals surface area contributed by atoms with Gasteiger partial charge in [-0.15, -0.1) is 0 Å². The minimum atomic E-state index is -0.0531. The summed E-state index contributed by atoms with van der Waals surface area (Å²) in [6.45, 7) is 7.58. The van der Waals surface area contributed by atoms with Crippen LogP contribution >= 0.6 is 0 Å². The highest BCUT2D eigenvalue weighted by atomic mass is 16.3. The van der Waals surface area contributed by atoms with E-state index in [9.17, 15) is 5.11 Å². The molecular formula is C11H25NO. The van der Waals surface area contributed by atoms with E-state index in [1.54, 1.807) is 0 Å². The Kier molecular flexibility index (Phi) is 7.29. The largest absolute Gasteiger partial charge is 0.394 e. The molecule has 2 N–H and O–H groups in total. The first-order valence-electron chi connectivity index (χ1n) is 5.54. The van der Waals surface area contributed by atoms with Gasteiger partial charge in [-0.25, -0.2) is 0 Å². The summed E-state index contributed by atoms with van der Waals surface area (Å²) in [5.41, 5.74) is -0.0531. The molecule has 0 aliphatic rings. The molecule has 1 unspecified atom stereocenters. The molecule has 0 saturated carbocycles. The average Bonchev–Trinajstić information content (AvgIpc) is 2.13. The smallest absolute Gasteiger partial charge is 0.0610 e. The van der Waals surface area contributed by atoms with E-state index in [0.717, 1.165) is 13.0 Å². The standard InChI is InChI=1S/C11H25NO/c1-4-6-7-8-9-11(3,10-13)12-5-2/h12-13H,4-10H2,1-3H3. The van der Waals surface area contributed by atoms with E-state index in [1.165, 1.54) is 25.7 Å². The van der Waals surface area contributed by atoms with E-state index < -0.39 is 0 Å². The molecule has 1 atom stereocenters. The molecular weight excluding hydrogens is 162 g/mol. The summed E-state index contributed by atoms with van der Waals surface area (Å²) in [5.74, 6) is 0. The van der Waals surface area contributed by atoms with Crippen molar-refractivity contribution in [2.24, 2.45) is 0 Å².